The van der Waals surface area contributed by atoms with Crippen LogP contribution < -0.4 is 0 Å². The maximum atomic E-state index is 10.6. The summed E-state index contributed by atoms with van der Waals surface area (Å²) in [4.78, 5) is 10.6. The number of hydrogen-bond donors (Lipinski definition) is 1. The average molecular weight is 226 g/mol. The van der Waals surface area contributed by atoms with Crippen molar-refractivity contribution >= 4 is 5.78 Å². The third-order valence-electron chi connectivity index (χ3n) is 3.82. The highest BCUT2D eigenvalue weighted by Crippen LogP contribution is 2.22. The topological polar surface area (TPSA) is 37.3 Å². The molecule has 2 aliphatic carbocycles. The van der Waals surface area contributed by atoms with E-state index in [1.54, 1.807) is 0 Å². The third-order valence-corrected chi connectivity index (χ3v) is 3.82. The van der Waals surface area contributed by atoms with Crippen LogP contribution in [0.2, 0.25) is 0 Å². The normalized spacial score (nSPS) is 31.8. The molecular weight excluding hydrogens is 200 g/mol. The second kappa shape index (κ2) is 7.05. The zero-order valence-corrected chi connectivity index (χ0v) is 10.7. The van der Waals surface area contributed by atoms with Crippen LogP contribution in [0.3, 0.4) is 0 Å². The van der Waals surface area contributed by atoms with E-state index in [1.807, 2.05) is 0 Å². The minimum Gasteiger partial charge on any atom is -0.393 e. The monoisotopic (exact) mass is 226 g/mol. The molecule has 0 aromatic carbocycles. The van der Waals surface area contributed by atoms with E-state index >= 15 is 0 Å². The lowest BCUT2D eigenvalue weighted by Gasteiger charge is -2.21. The molecular formula is C14H26O2. The van der Waals surface area contributed by atoms with Crippen molar-refractivity contribution in [3.05, 3.63) is 0 Å². The molecule has 2 nitrogen and oxygen atoms in total. The van der Waals surface area contributed by atoms with E-state index in [9.17, 15) is 4.79 Å². The highest BCUT2D eigenvalue weighted by Gasteiger charge is 2.14. The molecule has 16 heavy (non-hydrogen) atoms. The van der Waals surface area contributed by atoms with Crippen LogP contribution >= 0.6 is 0 Å². The molecule has 0 heterocycles. The maximum absolute atomic E-state index is 10.6. The van der Waals surface area contributed by atoms with Gasteiger partial charge in [-0.05, 0) is 50.4 Å². The lowest BCUT2D eigenvalue weighted by atomic mass is 9.89. The standard InChI is InChI=1S/C7H14O.C7H12O/c2*1-6-2-4-7(8)5-3-6/h6-8H,2-5H2,1H3;6H,2-5H2,1H3. The van der Waals surface area contributed by atoms with Crippen molar-refractivity contribution < 1.29 is 9.90 Å². The van der Waals surface area contributed by atoms with Crippen molar-refractivity contribution in [2.45, 2.75) is 71.3 Å². The summed E-state index contributed by atoms with van der Waals surface area (Å²) in [6.45, 7) is 4.47. The fourth-order valence-electron chi connectivity index (χ4n) is 2.33. The maximum Gasteiger partial charge on any atom is 0.132 e. The summed E-state index contributed by atoms with van der Waals surface area (Å²) in [5, 5.41) is 9.03. The first-order chi connectivity index (χ1) is 7.58. The molecule has 2 aliphatic rings. The van der Waals surface area contributed by atoms with Crippen LogP contribution in [0.1, 0.15) is 65.2 Å². The van der Waals surface area contributed by atoms with Gasteiger partial charge in [0.15, 0.2) is 0 Å². The van der Waals surface area contributed by atoms with E-state index in [0.29, 0.717) is 5.78 Å². The Morgan fingerprint density at radius 1 is 0.875 bits per heavy atom. The van der Waals surface area contributed by atoms with Crippen LogP contribution in [0.4, 0.5) is 0 Å². The Kier molecular flexibility index (Phi) is 6.04. The van der Waals surface area contributed by atoms with Crippen molar-refractivity contribution in [3.63, 3.8) is 0 Å². The summed E-state index contributed by atoms with van der Waals surface area (Å²) in [5.41, 5.74) is 0. The number of aliphatic hydroxyl groups is 1. The Labute approximate surface area is 99.4 Å². The van der Waals surface area contributed by atoms with E-state index < -0.39 is 0 Å². The number of rotatable bonds is 0. The van der Waals surface area contributed by atoms with Gasteiger partial charge in [-0.3, -0.25) is 4.79 Å². The van der Waals surface area contributed by atoms with Gasteiger partial charge in [-0.2, -0.15) is 0 Å². The minimum absolute atomic E-state index is 0.0196. The van der Waals surface area contributed by atoms with Gasteiger partial charge < -0.3 is 5.11 Å². The van der Waals surface area contributed by atoms with Crippen LogP contribution in [0.5, 0.6) is 0 Å². The molecule has 0 spiro atoms. The summed E-state index contributed by atoms with van der Waals surface area (Å²) in [7, 11) is 0. The Bertz CT molecular complexity index is 185. The Balaban J connectivity index is 0.000000160. The smallest absolute Gasteiger partial charge is 0.132 e. The number of Topliss-reactive ketones (excluding diaryl/α,β-unsaturated/α-hetero) is 1. The van der Waals surface area contributed by atoms with Crippen molar-refractivity contribution in [2.24, 2.45) is 11.8 Å². The van der Waals surface area contributed by atoms with E-state index in [2.05, 4.69) is 13.8 Å². The van der Waals surface area contributed by atoms with E-state index in [0.717, 1.165) is 50.4 Å². The molecule has 2 fully saturated rings. The number of aliphatic hydroxyl groups excluding tert-OH is 1. The molecule has 0 aromatic heterocycles. The molecule has 2 rings (SSSR count). The molecule has 1 N–H and O–H groups in total. The average Bonchev–Trinajstić information content (AvgIpc) is 2.28. The molecule has 0 saturated heterocycles. The number of ketones is 1. The van der Waals surface area contributed by atoms with Gasteiger partial charge >= 0.3 is 0 Å². The van der Waals surface area contributed by atoms with Gasteiger partial charge in [-0.1, -0.05) is 13.8 Å². The summed E-state index contributed by atoms with van der Waals surface area (Å²) in [6, 6.07) is 0. The van der Waals surface area contributed by atoms with Gasteiger partial charge in [0.05, 0.1) is 6.10 Å². The van der Waals surface area contributed by atoms with Crippen LogP contribution in [-0.4, -0.2) is 17.0 Å². The quantitative estimate of drug-likeness (QED) is 0.688. The van der Waals surface area contributed by atoms with Gasteiger partial charge in [0.25, 0.3) is 0 Å². The second-order valence-corrected chi connectivity index (χ2v) is 5.63. The molecule has 0 radical (unpaired) electrons. The van der Waals surface area contributed by atoms with E-state index in [4.69, 9.17) is 5.11 Å². The molecule has 0 bridgehead atoms. The summed E-state index contributed by atoms with van der Waals surface area (Å²) >= 11 is 0. The Morgan fingerprint density at radius 3 is 1.69 bits per heavy atom. The second-order valence-electron chi connectivity index (χ2n) is 5.63. The molecule has 0 aromatic rings. The SMILES string of the molecule is CC1CCC(=O)CC1.CC1CCC(O)CC1. The minimum atomic E-state index is 0.0196. The number of carbonyl (C=O) groups is 1. The Morgan fingerprint density at radius 2 is 1.31 bits per heavy atom. The fraction of sp³-hybridized carbons (Fsp3) is 0.929. The van der Waals surface area contributed by atoms with Crippen LogP contribution in [0.25, 0.3) is 0 Å². The number of hydrogen-bond acceptors (Lipinski definition) is 2. The molecule has 0 unspecified atom stereocenters. The van der Waals surface area contributed by atoms with Crippen molar-refractivity contribution in [3.8, 4) is 0 Å². The fourth-order valence-corrected chi connectivity index (χ4v) is 2.33. The third kappa shape index (κ3) is 5.64. The summed E-state index contributed by atoms with van der Waals surface area (Å²) in [6.07, 6.45) is 8.44. The lowest BCUT2D eigenvalue weighted by Crippen LogP contribution is -2.15. The van der Waals surface area contributed by atoms with E-state index in [1.165, 1.54) is 12.8 Å². The summed E-state index contributed by atoms with van der Waals surface area (Å²) < 4.78 is 0. The number of carbonyl (C=O) groups excluding carboxylic acids is 1. The van der Waals surface area contributed by atoms with Crippen LogP contribution in [0, 0.1) is 11.8 Å². The highest BCUT2D eigenvalue weighted by atomic mass is 16.3. The highest BCUT2D eigenvalue weighted by molar-refractivity contribution is 5.78. The zero-order valence-electron chi connectivity index (χ0n) is 10.7. The van der Waals surface area contributed by atoms with Gasteiger partial charge in [0, 0.05) is 12.8 Å². The van der Waals surface area contributed by atoms with Crippen molar-refractivity contribution in [2.75, 3.05) is 0 Å². The van der Waals surface area contributed by atoms with Gasteiger partial charge in [0.1, 0.15) is 5.78 Å². The molecule has 2 heteroatoms. The van der Waals surface area contributed by atoms with Crippen molar-refractivity contribution in [1.82, 2.24) is 0 Å². The molecule has 94 valence electrons. The first kappa shape index (κ1) is 13.7. The molecule has 0 amide bonds. The predicted octanol–water partition coefficient (Wildman–Crippen LogP) is 3.32. The molecule has 2 saturated carbocycles. The van der Waals surface area contributed by atoms with Crippen molar-refractivity contribution in [1.29, 1.82) is 0 Å². The zero-order chi connectivity index (χ0) is 12.0. The first-order valence-electron chi connectivity index (χ1n) is 6.77. The summed E-state index contributed by atoms with van der Waals surface area (Å²) in [5.74, 6) is 2.12. The largest absolute Gasteiger partial charge is 0.393 e. The van der Waals surface area contributed by atoms with E-state index in [-0.39, 0.29) is 6.10 Å². The molecule has 0 aliphatic heterocycles. The molecule has 0 atom stereocenters. The van der Waals surface area contributed by atoms with Crippen LogP contribution in [0.15, 0.2) is 0 Å². The first-order valence-corrected chi connectivity index (χ1v) is 6.77. The Hall–Kier alpha value is -0.370. The van der Waals surface area contributed by atoms with Crippen LogP contribution in [-0.2, 0) is 4.79 Å². The van der Waals surface area contributed by atoms with Gasteiger partial charge in [-0.15, -0.1) is 0 Å². The predicted molar refractivity (Wildman–Crippen MR) is 66.3 cm³/mol. The lowest BCUT2D eigenvalue weighted by molar-refractivity contribution is -0.120. The van der Waals surface area contributed by atoms with Gasteiger partial charge in [-0.25, -0.2) is 0 Å². The van der Waals surface area contributed by atoms with Gasteiger partial charge in [0.2, 0.25) is 0 Å².